The van der Waals surface area contributed by atoms with Crippen LogP contribution in [0.15, 0.2) is 4.99 Å². The van der Waals surface area contributed by atoms with Crippen molar-refractivity contribution in [2.75, 3.05) is 52.6 Å². The maximum Gasteiger partial charge on any atom is 0.188 e. The Labute approximate surface area is 139 Å². The smallest absolute Gasteiger partial charge is 0.188 e. The van der Waals surface area contributed by atoms with Gasteiger partial charge in [-0.1, -0.05) is 0 Å². The second-order valence-corrected chi connectivity index (χ2v) is 4.70. The van der Waals surface area contributed by atoms with Gasteiger partial charge in [-0.25, -0.2) is 0 Å². The minimum Gasteiger partial charge on any atom is -0.382 e. The van der Waals surface area contributed by atoms with E-state index < -0.39 is 0 Å². The highest BCUT2D eigenvalue weighted by molar-refractivity contribution is 14.0. The van der Waals surface area contributed by atoms with Crippen molar-refractivity contribution in [1.29, 1.82) is 0 Å². The minimum atomic E-state index is 0. The fraction of sp³-hybridized carbons (Fsp3) is 0.923. The van der Waals surface area contributed by atoms with E-state index in [1.165, 1.54) is 0 Å². The van der Waals surface area contributed by atoms with Gasteiger partial charge in [0.2, 0.25) is 0 Å². The first kappa shape index (κ1) is 19.9. The summed E-state index contributed by atoms with van der Waals surface area (Å²) in [5, 5.41) is 3.10. The maximum absolute atomic E-state index is 5.82. The first-order valence-electron chi connectivity index (χ1n) is 7.17. The molecule has 0 aromatic heterocycles. The van der Waals surface area contributed by atoms with Gasteiger partial charge in [-0.2, -0.15) is 0 Å². The topological polar surface area (TPSA) is 72.1 Å². The number of morpholine rings is 1. The molecule has 3 N–H and O–H groups in total. The fourth-order valence-electron chi connectivity index (χ4n) is 1.96. The van der Waals surface area contributed by atoms with E-state index in [9.17, 15) is 0 Å². The molecule has 0 aliphatic carbocycles. The fourth-order valence-corrected chi connectivity index (χ4v) is 1.96. The molecule has 1 aliphatic rings. The van der Waals surface area contributed by atoms with Crippen molar-refractivity contribution >= 4 is 29.9 Å². The summed E-state index contributed by atoms with van der Waals surface area (Å²) < 4.78 is 10.6. The van der Waals surface area contributed by atoms with Gasteiger partial charge < -0.3 is 20.5 Å². The highest BCUT2D eigenvalue weighted by Gasteiger charge is 2.16. The highest BCUT2D eigenvalue weighted by Crippen LogP contribution is 2.03. The van der Waals surface area contributed by atoms with Crippen LogP contribution in [-0.2, 0) is 9.47 Å². The molecule has 1 heterocycles. The van der Waals surface area contributed by atoms with Crippen LogP contribution in [0.2, 0.25) is 0 Å². The molecule has 7 heteroatoms. The molecule has 0 radical (unpaired) electrons. The number of rotatable bonds is 8. The Hall–Kier alpha value is -0.120. The average Bonchev–Trinajstić information content (AvgIpc) is 2.45. The van der Waals surface area contributed by atoms with E-state index in [4.69, 9.17) is 15.2 Å². The summed E-state index contributed by atoms with van der Waals surface area (Å²) in [6, 6.07) is 0.410. The van der Waals surface area contributed by atoms with Crippen LogP contribution < -0.4 is 11.1 Å². The molecular formula is C13H29IN4O2. The van der Waals surface area contributed by atoms with Gasteiger partial charge in [-0.15, -0.1) is 24.0 Å². The molecular weight excluding hydrogens is 371 g/mol. The largest absolute Gasteiger partial charge is 0.382 e. The lowest BCUT2D eigenvalue weighted by molar-refractivity contribution is 0.0220. The van der Waals surface area contributed by atoms with Gasteiger partial charge in [-0.05, 0) is 20.3 Å². The summed E-state index contributed by atoms with van der Waals surface area (Å²) in [4.78, 5) is 6.76. The van der Waals surface area contributed by atoms with Crippen LogP contribution in [0, 0.1) is 0 Å². The Kier molecular flexibility index (Phi) is 12.5. The van der Waals surface area contributed by atoms with Crippen LogP contribution in [0.25, 0.3) is 0 Å². The SMILES string of the molecule is CCOCCCNC(N)=NCC(C)N1CCOCC1.I. The number of halogens is 1. The monoisotopic (exact) mass is 400 g/mol. The van der Waals surface area contributed by atoms with Gasteiger partial charge in [0.1, 0.15) is 0 Å². The average molecular weight is 400 g/mol. The minimum absolute atomic E-state index is 0. The Balaban J connectivity index is 0.00000361. The normalized spacial score (nSPS) is 18.4. The Morgan fingerprint density at radius 3 is 2.80 bits per heavy atom. The molecule has 1 atom stereocenters. The van der Waals surface area contributed by atoms with Crippen LogP contribution in [0.1, 0.15) is 20.3 Å². The molecule has 20 heavy (non-hydrogen) atoms. The van der Waals surface area contributed by atoms with Gasteiger partial charge in [0.15, 0.2) is 5.96 Å². The Bertz CT molecular complexity index is 261. The molecule has 1 saturated heterocycles. The lowest BCUT2D eigenvalue weighted by Gasteiger charge is -2.31. The van der Waals surface area contributed by atoms with Crippen molar-refractivity contribution in [3.8, 4) is 0 Å². The van der Waals surface area contributed by atoms with E-state index >= 15 is 0 Å². The molecule has 0 amide bonds. The second-order valence-electron chi connectivity index (χ2n) is 4.70. The van der Waals surface area contributed by atoms with Crippen LogP contribution in [0.3, 0.4) is 0 Å². The number of hydrogen-bond donors (Lipinski definition) is 2. The van der Waals surface area contributed by atoms with Crippen molar-refractivity contribution < 1.29 is 9.47 Å². The van der Waals surface area contributed by atoms with E-state index in [0.29, 0.717) is 12.0 Å². The van der Waals surface area contributed by atoms with Crippen LogP contribution in [0.5, 0.6) is 0 Å². The third-order valence-electron chi connectivity index (χ3n) is 3.17. The number of ether oxygens (including phenoxy) is 2. The molecule has 0 aromatic carbocycles. The molecule has 1 unspecified atom stereocenters. The van der Waals surface area contributed by atoms with Crippen molar-refractivity contribution in [3.63, 3.8) is 0 Å². The zero-order valence-corrected chi connectivity index (χ0v) is 15.0. The van der Waals surface area contributed by atoms with Gasteiger partial charge in [0.25, 0.3) is 0 Å². The van der Waals surface area contributed by atoms with E-state index in [-0.39, 0.29) is 24.0 Å². The number of nitrogens with two attached hydrogens (primary N) is 1. The summed E-state index contributed by atoms with van der Waals surface area (Å²) in [6.45, 7) is 10.8. The van der Waals surface area contributed by atoms with Crippen LogP contribution >= 0.6 is 24.0 Å². The number of nitrogens with one attached hydrogen (secondary N) is 1. The molecule has 0 spiro atoms. The molecule has 120 valence electrons. The second kappa shape index (κ2) is 12.6. The molecule has 0 saturated carbocycles. The van der Waals surface area contributed by atoms with Crippen molar-refractivity contribution in [1.82, 2.24) is 10.2 Å². The molecule has 0 aromatic rings. The highest BCUT2D eigenvalue weighted by atomic mass is 127. The summed E-state index contributed by atoms with van der Waals surface area (Å²) in [7, 11) is 0. The maximum atomic E-state index is 5.82. The zero-order chi connectivity index (χ0) is 13.9. The Morgan fingerprint density at radius 1 is 1.45 bits per heavy atom. The third-order valence-corrected chi connectivity index (χ3v) is 3.17. The summed E-state index contributed by atoms with van der Waals surface area (Å²) >= 11 is 0. The molecule has 6 nitrogen and oxygen atoms in total. The molecule has 1 fully saturated rings. The van der Waals surface area contributed by atoms with E-state index in [1.54, 1.807) is 0 Å². The summed E-state index contributed by atoms with van der Waals surface area (Å²) in [5.74, 6) is 0.525. The lowest BCUT2D eigenvalue weighted by atomic mass is 10.2. The predicted molar refractivity (Wildman–Crippen MR) is 92.9 cm³/mol. The van der Waals surface area contributed by atoms with Crippen LogP contribution in [-0.4, -0.2) is 69.5 Å². The Morgan fingerprint density at radius 2 is 2.15 bits per heavy atom. The number of nitrogens with zero attached hydrogens (tertiary/aromatic N) is 2. The van der Waals surface area contributed by atoms with Crippen LogP contribution in [0.4, 0.5) is 0 Å². The first-order chi connectivity index (χ1) is 9.24. The van der Waals surface area contributed by atoms with E-state index in [0.717, 1.165) is 59.0 Å². The number of aliphatic imine (C=N–C) groups is 1. The van der Waals surface area contributed by atoms with E-state index in [2.05, 4.69) is 22.1 Å². The predicted octanol–water partition coefficient (Wildman–Crippen LogP) is 0.656. The summed E-state index contributed by atoms with van der Waals surface area (Å²) in [6.07, 6.45) is 0.947. The number of guanidine groups is 1. The quantitative estimate of drug-likeness (QED) is 0.271. The van der Waals surface area contributed by atoms with Gasteiger partial charge in [0.05, 0.1) is 19.8 Å². The van der Waals surface area contributed by atoms with Crippen molar-refractivity contribution in [2.24, 2.45) is 10.7 Å². The van der Waals surface area contributed by atoms with Crippen molar-refractivity contribution in [2.45, 2.75) is 26.3 Å². The van der Waals surface area contributed by atoms with Gasteiger partial charge in [0, 0.05) is 38.9 Å². The van der Waals surface area contributed by atoms with Gasteiger partial charge in [-0.3, -0.25) is 9.89 Å². The van der Waals surface area contributed by atoms with Crippen molar-refractivity contribution in [3.05, 3.63) is 0 Å². The number of hydrogen-bond acceptors (Lipinski definition) is 4. The zero-order valence-electron chi connectivity index (χ0n) is 12.6. The van der Waals surface area contributed by atoms with Gasteiger partial charge >= 0.3 is 0 Å². The van der Waals surface area contributed by atoms with E-state index in [1.807, 2.05) is 6.92 Å². The summed E-state index contributed by atoms with van der Waals surface area (Å²) in [5.41, 5.74) is 5.82. The lowest BCUT2D eigenvalue weighted by Crippen LogP contribution is -2.44. The third kappa shape index (κ3) is 8.93. The standard InChI is InChI=1S/C13H28N4O2.HI/c1-3-18-8-4-5-15-13(14)16-11-12(2)17-6-9-19-10-7-17;/h12H,3-11H2,1-2H3,(H3,14,15,16);1H. The molecule has 1 aliphatic heterocycles. The molecule has 0 bridgehead atoms. The first-order valence-corrected chi connectivity index (χ1v) is 7.17. The molecule has 1 rings (SSSR count).